The molecule has 3 aromatic rings. The van der Waals surface area contributed by atoms with Crippen LogP contribution >= 0.6 is 0 Å². The predicted octanol–water partition coefficient (Wildman–Crippen LogP) is 3.88. The Morgan fingerprint density at radius 1 is 1.26 bits per heavy atom. The van der Waals surface area contributed by atoms with Crippen molar-refractivity contribution in [2.75, 3.05) is 4.90 Å². The SMILES string of the molecule is CCn1cc(N2C(=O)c3[nH]nc(CC(C)C)c3C2c2ccccc2C)cn1. The highest BCUT2D eigenvalue weighted by Gasteiger charge is 2.43. The number of amides is 1. The quantitative estimate of drug-likeness (QED) is 0.748. The fourth-order valence-corrected chi connectivity index (χ4v) is 3.86. The number of H-pyrrole nitrogens is 1. The summed E-state index contributed by atoms with van der Waals surface area (Å²) in [5.74, 6) is 0.415. The molecule has 1 aliphatic rings. The second-order valence-corrected chi connectivity index (χ2v) is 7.55. The van der Waals surface area contributed by atoms with E-state index in [0.29, 0.717) is 11.6 Å². The number of rotatable bonds is 5. The number of nitrogens with zero attached hydrogens (tertiary/aromatic N) is 4. The van der Waals surface area contributed by atoms with E-state index in [2.05, 4.69) is 48.2 Å². The van der Waals surface area contributed by atoms with Gasteiger partial charge in [-0.25, -0.2) is 0 Å². The van der Waals surface area contributed by atoms with E-state index in [4.69, 9.17) is 0 Å². The van der Waals surface area contributed by atoms with Gasteiger partial charge in [0.1, 0.15) is 5.69 Å². The maximum absolute atomic E-state index is 13.3. The van der Waals surface area contributed by atoms with E-state index in [1.807, 2.05) is 34.8 Å². The molecule has 6 heteroatoms. The highest BCUT2D eigenvalue weighted by atomic mass is 16.2. The van der Waals surface area contributed by atoms with Crippen LogP contribution in [0.2, 0.25) is 0 Å². The van der Waals surface area contributed by atoms with Crippen LogP contribution < -0.4 is 4.90 Å². The molecule has 1 aliphatic heterocycles. The van der Waals surface area contributed by atoms with Gasteiger partial charge < -0.3 is 0 Å². The van der Waals surface area contributed by atoms with Crippen LogP contribution in [-0.2, 0) is 13.0 Å². The van der Waals surface area contributed by atoms with Gasteiger partial charge in [0.05, 0.1) is 23.6 Å². The zero-order chi connectivity index (χ0) is 19.1. The fourth-order valence-electron chi connectivity index (χ4n) is 3.86. The van der Waals surface area contributed by atoms with E-state index in [0.717, 1.165) is 41.0 Å². The normalized spacial score (nSPS) is 16.4. The minimum atomic E-state index is -0.185. The minimum absolute atomic E-state index is 0.0450. The van der Waals surface area contributed by atoms with Gasteiger partial charge in [0.2, 0.25) is 0 Å². The Bertz CT molecular complexity index is 984. The summed E-state index contributed by atoms with van der Waals surface area (Å²) in [7, 11) is 0. The van der Waals surface area contributed by atoms with Gasteiger partial charge in [0, 0.05) is 18.3 Å². The number of aryl methyl sites for hydroxylation is 2. The van der Waals surface area contributed by atoms with Crippen molar-refractivity contribution in [3.05, 3.63) is 64.7 Å². The van der Waals surface area contributed by atoms with Crippen LogP contribution in [0.1, 0.15) is 59.7 Å². The van der Waals surface area contributed by atoms with Gasteiger partial charge in [-0.05, 0) is 37.3 Å². The Kier molecular flexibility index (Phi) is 4.34. The van der Waals surface area contributed by atoms with Crippen LogP contribution in [0.4, 0.5) is 5.69 Å². The molecule has 3 heterocycles. The molecule has 2 aromatic heterocycles. The number of aromatic nitrogens is 4. The molecule has 6 nitrogen and oxygen atoms in total. The summed E-state index contributed by atoms with van der Waals surface area (Å²) >= 11 is 0. The molecule has 27 heavy (non-hydrogen) atoms. The van der Waals surface area contributed by atoms with Gasteiger partial charge in [-0.1, -0.05) is 38.1 Å². The van der Waals surface area contributed by atoms with Crippen molar-refractivity contribution in [1.82, 2.24) is 20.0 Å². The molecule has 1 unspecified atom stereocenters. The van der Waals surface area contributed by atoms with Crippen LogP contribution in [0.5, 0.6) is 0 Å². The number of nitrogens with one attached hydrogen (secondary N) is 1. The van der Waals surface area contributed by atoms with Crippen molar-refractivity contribution in [3.8, 4) is 0 Å². The molecule has 1 atom stereocenters. The number of carbonyl (C=O) groups excluding carboxylic acids is 1. The summed E-state index contributed by atoms with van der Waals surface area (Å²) in [6.07, 6.45) is 4.54. The number of hydrogen-bond acceptors (Lipinski definition) is 3. The Morgan fingerprint density at radius 3 is 2.70 bits per heavy atom. The van der Waals surface area contributed by atoms with E-state index < -0.39 is 0 Å². The molecule has 4 rings (SSSR count). The van der Waals surface area contributed by atoms with E-state index in [-0.39, 0.29) is 11.9 Å². The lowest BCUT2D eigenvalue weighted by atomic mass is 9.93. The molecule has 0 saturated carbocycles. The maximum atomic E-state index is 13.3. The monoisotopic (exact) mass is 363 g/mol. The predicted molar refractivity (Wildman–Crippen MR) is 105 cm³/mol. The molecular weight excluding hydrogens is 338 g/mol. The third-order valence-corrected chi connectivity index (χ3v) is 5.15. The third-order valence-electron chi connectivity index (χ3n) is 5.15. The second kappa shape index (κ2) is 6.68. The highest BCUT2D eigenvalue weighted by molar-refractivity contribution is 6.10. The van der Waals surface area contributed by atoms with Gasteiger partial charge in [-0.2, -0.15) is 10.2 Å². The summed E-state index contributed by atoms with van der Waals surface area (Å²) in [5.41, 5.74) is 5.69. The minimum Gasteiger partial charge on any atom is -0.292 e. The molecule has 0 radical (unpaired) electrons. The topological polar surface area (TPSA) is 66.8 Å². The first-order valence-corrected chi connectivity index (χ1v) is 9.50. The average molecular weight is 363 g/mol. The zero-order valence-electron chi connectivity index (χ0n) is 16.2. The van der Waals surface area contributed by atoms with Crippen LogP contribution in [0, 0.1) is 12.8 Å². The first-order valence-electron chi connectivity index (χ1n) is 9.50. The lowest BCUT2D eigenvalue weighted by molar-refractivity contribution is 0.0988. The number of aromatic amines is 1. The number of benzene rings is 1. The van der Waals surface area contributed by atoms with E-state index in [1.165, 1.54) is 0 Å². The van der Waals surface area contributed by atoms with E-state index in [1.54, 1.807) is 6.20 Å². The summed E-state index contributed by atoms with van der Waals surface area (Å²) in [4.78, 5) is 15.2. The molecule has 0 bridgehead atoms. The standard InChI is InChI=1S/C21H25N5O/c1-5-25-12-15(11-22-25)26-20(16-9-7-6-8-14(16)4)18-17(10-13(2)3)23-24-19(18)21(26)27/h6-9,11-13,20H,5,10H2,1-4H3,(H,23,24). The molecular formula is C21H25N5O. The van der Waals surface area contributed by atoms with Crippen molar-refractivity contribution in [2.45, 2.75) is 46.7 Å². The molecule has 1 amide bonds. The zero-order valence-corrected chi connectivity index (χ0v) is 16.2. The van der Waals surface area contributed by atoms with Crippen molar-refractivity contribution in [3.63, 3.8) is 0 Å². The van der Waals surface area contributed by atoms with Crippen molar-refractivity contribution in [2.24, 2.45) is 5.92 Å². The summed E-state index contributed by atoms with van der Waals surface area (Å²) < 4.78 is 1.84. The summed E-state index contributed by atoms with van der Waals surface area (Å²) in [5, 5.41) is 11.9. The van der Waals surface area contributed by atoms with Crippen LogP contribution in [0.15, 0.2) is 36.7 Å². The lowest BCUT2D eigenvalue weighted by Gasteiger charge is -2.26. The first-order chi connectivity index (χ1) is 13.0. The van der Waals surface area contributed by atoms with Crippen LogP contribution in [0.3, 0.4) is 0 Å². The second-order valence-electron chi connectivity index (χ2n) is 7.55. The maximum Gasteiger partial charge on any atom is 0.277 e. The van der Waals surface area contributed by atoms with Gasteiger partial charge in [-0.3, -0.25) is 19.5 Å². The Balaban J connectivity index is 1.90. The highest BCUT2D eigenvalue weighted by Crippen LogP contribution is 2.43. The number of carbonyl (C=O) groups is 1. The van der Waals surface area contributed by atoms with Crippen molar-refractivity contribution < 1.29 is 4.79 Å². The van der Waals surface area contributed by atoms with Crippen LogP contribution in [0.25, 0.3) is 0 Å². The van der Waals surface area contributed by atoms with Gasteiger partial charge in [0.25, 0.3) is 5.91 Å². The number of fused-ring (bicyclic) bond motifs is 1. The van der Waals surface area contributed by atoms with Crippen molar-refractivity contribution >= 4 is 11.6 Å². The average Bonchev–Trinajstić information content (AvgIpc) is 3.32. The summed E-state index contributed by atoms with van der Waals surface area (Å²) in [6, 6.07) is 8.07. The molecule has 0 fully saturated rings. The van der Waals surface area contributed by atoms with Gasteiger partial charge in [0.15, 0.2) is 0 Å². The van der Waals surface area contributed by atoms with Gasteiger partial charge in [-0.15, -0.1) is 0 Å². The molecule has 1 N–H and O–H groups in total. The molecule has 0 spiro atoms. The van der Waals surface area contributed by atoms with E-state index in [9.17, 15) is 4.79 Å². The largest absolute Gasteiger partial charge is 0.292 e. The number of anilines is 1. The van der Waals surface area contributed by atoms with Crippen molar-refractivity contribution in [1.29, 1.82) is 0 Å². The summed E-state index contributed by atoms with van der Waals surface area (Å²) in [6.45, 7) is 9.23. The Hall–Kier alpha value is -2.89. The molecule has 140 valence electrons. The molecule has 1 aromatic carbocycles. The fraction of sp³-hybridized carbons (Fsp3) is 0.381. The van der Waals surface area contributed by atoms with E-state index >= 15 is 0 Å². The Labute approximate surface area is 159 Å². The first kappa shape index (κ1) is 17.5. The number of hydrogen-bond donors (Lipinski definition) is 1. The third kappa shape index (κ3) is 2.85. The van der Waals surface area contributed by atoms with Gasteiger partial charge >= 0.3 is 0 Å². The molecule has 0 saturated heterocycles. The Morgan fingerprint density at radius 2 is 2.04 bits per heavy atom. The molecule has 0 aliphatic carbocycles. The lowest BCUT2D eigenvalue weighted by Crippen LogP contribution is -2.29. The smallest absolute Gasteiger partial charge is 0.277 e. The van der Waals surface area contributed by atoms with Crippen LogP contribution in [-0.4, -0.2) is 25.9 Å².